The summed E-state index contributed by atoms with van der Waals surface area (Å²) in [6.07, 6.45) is 1.56. The van der Waals surface area contributed by atoms with E-state index in [1.807, 2.05) is 0 Å². The van der Waals surface area contributed by atoms with E-state index in [2.05, 4.69) is 10.0 Å². The normalized spacial score (nSPS) is 11.2. The Hall–Kier alpha value is -1.68. The maximum atomic E-state index is 10.9. The molecule has 9 nitrogen and oxygen atoms in total. The zero-order valence-electron chi connectivity index (χ0n) is 14.0. The number of nitrogens with one attached hydrogen (secondary N) is 1. The number of hydrogen-bond acceptors (Lipinski definition) is 7. The van der Waals surface area contributed by atoms with Crippen LogP contribution < -0.4 is 4.91 Å². The van der Waals surface area contributed by atoms with E-state index in [0.717, 1.165) is 18.4 Å². The Balaban J connectivity index is 1.96. The van der Waals surface area contributed by atoms with Crippen molar-refractivity contribution in [3.8, 4) is 0 Å². The maximum absolute atomic E-state index is 10.9. The van der Waals surface area contributed by atoms with Crippen molar-refractivity contribution in [3.05, 3.63) is 29.8 Å². The number of hydrogen-bond donors (Lipinski definition) is 2. The Kier molecular flexibility index (Phi) is 10.8. The quantitative estimate of drug-likeness (QED) is 0.219. The molecule has 0 radical (unpaired) electrons. The lowest BCUT2D eigenvalue weighted by molar-refractivity contribution is 0.0155. The summed E-state index contributed by atoms with van der Waals surface area (Å²) in [5.74, 6) is 0. The average molecular weight is 374 g/mol. The minimum atomic E-state index is -4.13. The standard InChI is InChI=1S/C15H23N3O6S/c16-18-17-7-9-23-11-13-24-12-10-22-8-1-2-14-3-5-15(6-4-14)25(19,20)21/h3-6,16H,1-2,7-13H2/p+1. The van der Waals surface area contributed by atoms with Gasteiger partial charge in [0.1, 0.15) is 17.2 Å². The van der Waals surface area contributed by atoms with Gasteiger partial charge in [-0.25, -0.2) is 0 Å². The third kappa shape index (κ3) is 10.7. The van der Waals surface area contributed by atoms with E-state index in [9.17, 15) is 8.42 Å². The van der Waals surface area contributed by atoms with Gasteiger partial charge in [-0.2, -0.15) is 8.42 Å². The second-order valence-electron chi connectivity index (χ2n) is 5.02. The van der Waals surface area contributed by atoms with Crippen LogP contribution in [0, 0.1) is 5.53 Å². The molecule has 0 unspecified atom stereocenters. The zero-order chi connectivity index (χ0) is 18.4. The third-order valence-corrected chi connectivity index (χ3v) is 3.99. The van der Waals surface area contributed by atoms with E-state index < -0.39 is 10.1 Å². The van der Waals surface area contributed by atoms with Crippen LogP contribution in [0.5, 0.6) is 0 Å². The summed E-state index contributed by atoms with van der Waals surface area (Å²) in [6, 6.07) is 6.13. The summed E-state index contributed by atoms with van der Waals surface area (Å²) in [6.45, 7) is 3.30. The smallest absolute Gasteiger partial charge is 0.294 e. The monoisotopic (exact) mass is 374 g/mol. The number of aryl methyl sites for hydroxylation is 1. The van der Waals surface area contributed by atoms with Gasteiger partial charge in [0.2, 0.25) is 4.91 Å². The number of benzene rings is 1. The van der Waals surface area contributed by atoms with Gasteiger partial charge in [-0.1, -0.05) is 12.1 Å². The van der Waals surface area contributed by atoms with Gasteiger partial charge in [0.05, 0.1) is 37.9 Å². The van der Waals surface area contributed by atoms with Gasteiger partial charge < -0.3 is 14.2 Å². The van der Waals surface area contributed by atoms with E-state index in [0.29, 0.717) is 46.2 Å². The second-order valence-corrected chi connectivity index (χ2v) is 6.45. The third-order valence-electron chi connectivity index (χ3n) is 3.13. The SMILES string of the molecule is N=[N+]=NCCOCCOCCOCCCc1ccc(S(=O)(=O)O)cc1. The van der Waals surface area contributed by atoms with Crippen LogP contribution >= 0.6 is 0 Å². The van der Waals surface area contributed by atoms with Crippen LogP contribution in [0.2, 0.25) is 0 Å². The molecular formula is C15H24N3O6S+. The molecule has 0 amide bonds. The van der Waals surface area contributed by atoms with Crippen molar-refractivity contribution >= 4 is 10.1 Å². The largest absolute Gasteiger partial charge is 0.379 e. The molecule has 0 spiro atoms. The average Bonchev–Trinajstić information content (AvgIpc) is 2.58. The summed E-state index contributed by atoms with van der Waals surface area (Å²) >= 11 is 0. The predicted octanol–water partition coefficient (Wildman–Crippen LogP) is 1.47. The molecule has 0 atom stereocenters. The lowest BCUT2D eigenvalue weighted by atomic mass is 10.1. The summed E-state index contributed by atoms with van der Waals surface area (Å²) < 4.78 is 46.7. The molecule has 0 aromatic heterocycles. The second kappa shape index (κ2) is 12.6. The Morgan fingerprint density at radius 3 is 2.08 bits per heavy atom. The first-order valence-electron chi connectivity index (χ1n) is 7.87. The first-order valence-corrected chi connectivity index (χ1v) is 9.31. The summed E-state index contributed by atoms with van der Waals surface area (Å²) in [7, 11) is -4.13. The summed E-state index contributed by atoms with van der Waals surface area (Å²) in [5.41, 5.74) is 7.44. The molecule has 0 heterocycles. The summed E-state index contributed by atoms with van der Waals surface area (Å²) in [5, 5.41) is 3.45. The van der Waals surface area contributed by atoms with Crippen LogP contribution in [-0.2, 0) is 30.7 Å². The van der Waals surface area contributed by atoms with Crippen molar-refractivity contribution in [1.82, 2.24) is 4.91 Å². The Morgan fingerprint density at radius 2 is 1.52 bits per heavy atom. The van der Waals surface area contributed by atoms with Crippen LogP contribution in [0.1, 0.15) is 12.0 Å². The van der Waals surface area contributed by atoms with Crippen LogP contribution in [-0.4, -0.2) is 59.2 Å². The Morgan fingerprint density at radius 1 is 0.960 bits per heavy atom. The van der Waals surface area contributed by atoms with E-state index >= 15 is 0 Å². The first kappa shape index (κ1) is 21.4. The fraction of sp³-hybridized carbons (Fsp3) is 0.600. The molecule has 1 aromatic rings. The molecule has 1 aromatic carbocycles. The predicted molar refractivity (Wildman–Crippen MR) is 89.2 cm³/mol. The van der Waals surface area contributed by atoms with Gasteiger partial charge in [-0.3, -0.25) is 4.55 Å². The molecule has 0 saturated carbocycles. The molecule has 25 heavy (non-hydrogen) atoms. The van der Waals surface area contributed by atoms with E-state index in [4.69, 9.17) is 24.3 Å². The molecule has 0 fully saturated rings. The van der Waals surface area contributed by atoms with Crippen LogP contribution in [0.4, 0.5) is 0 Å². The molecule has 0 aliphatic carbocycles. The van der Waals surface area contributed by atoms with Gasteiger partial charge in [0.15, 0.2) is 0 Å². The van der Waals surface area contributed by atoms with E-state index in [-0.39, 0.29) is 4.90 Å². The highest BCUT2D eigenvalue weighted by Gasteiger charge is 2.08. The number of rotatable bonds is 14. The van der Waals surface area contributed by atoms with Crippen molar-refractivity contribution in [2.75, 3.05) is 46.2 Å². The fourth-order valence-electron chi connectivity index (χ4n) is 1.90. The van der Waals surface area contributed by atoms with Crippen molar-refractivity contribution in [2.45, 2.75) is 17.7 Å². The molecule has 0 aliphatic heterocycles. The van der Waals surface area contributed by atoms with Crippen LogP contribution in [0.25, 0.3) is 0 Å². The molecule has 0 bridgehead atoms. The number of ether oxygens (including phenoxy) is 3. The maximum Gasteiger partial charge on any atom is 0.294 e. The molecular weight excluding hydrogens is 350 g/mol. The van der Waals surface area contributed by atoms with E-state index in [1.165, 1.54) is 12.1 Å². The molecule has 0 saturated heterocycles. The molecule has 2 N–H and O–H groups in total. The van der Waals surface area contributed by atoms with Crippen molar-refractivity contribution < 1.29 is 27.2 Å². The molecule has 140 valence electrons. The lowest BCUT2D eigenvalue weighted by Gasteiger charge is -2.06. The van der Waals surface area contributed by atoms with Crippen LogP contribution in [0.3, 0.4) is 0 Å². The molecule has 0 aliphatic rings. The van der Waals surface area contributed by atoms with Crippen molar-refractivity contribution in [3.63, 3.8) is 0 Å². The zero-order valence-corrected chi connectivity index (χ0v) is 14.8. The van der Waals surface area contributed by atoms with Gasteiger partial charge in [0, 0.05) is 6.61 Å². The first-order chi connectivity index (χ1) is 12.0. The highest BCUT2D eigenvalue weighted by Crippen LogP contribution is 2.11. The molecule has 10 heteroatoms. The molecule has 1 rings (SSSR count). The van der Waals surface area contributed by atoms with Crippen molar-refractivity contribution in [1.29, 1.82) is 5.53 Å². The van der Waals surface area contributed by atoms with E-state index in [1.54, 1.807) is 12.1 Å². The van der Waals surface area contributed by atoms with Gasteiger partial charge in [-0.15, -0.1) is 0 Å². The highest BCUT2D eigenvalue weighted by molar-refractivity contribution is 7.85. The van der Waals surface area contributed by atoms with Crippen LogP contribution in [0.15, 0.2) is 34.3 Å². The lowest BCUT2D eigenvalue weighted by Crippen LogP contribution is -2.11. The fourth-order valence-corrected chi connectivity index (χ4v) is 2.38. The minimum absolute atomic E-state index is 0.102. The topological polar surface area (TPSA) is 132 Å². The van der Waals surface area contributed by atoms with Gasteiger partial charge in [-0.05, 0) is 30.5 Å². The summed E-state index contributed by atoms with van der Waals surface area (Å²) in [4.78, 5) is 2.76. The minimum Gasteiger partial charge on any atom is -0.379 e. The van der Waals surface area contributed by atoms with Gasteiger partial charge in [0.25, 0.3) is 10.1 Å². The highest BCUT2D eigenvalue weighted by atomic mass is 32.2. The number of nitrogens with zero attached hydrogens (tertiary/aromatic N) is 2. The Labute approximate surface area is 147 Å². The Bertz CT molecular complexity index is 629. The van der Waals surface area contributed by atoms with Gasteiger partial charge >= 0.3 is 0 Å². The van der Waals surface area contributed by atoms with Crippen molar-refractivity contribution in [2.24, 2.45) is 5.11 Å².